The maximum Gasteiger partial charge on any atom is 0.265 e. The summed E-state index contributed by atoms with van der Waals surface area (Å²) in [5.41, 5.74) is -2.02. The predicted molar refractivity (Wildman–Crippen MR) is 123 cm³/mol. The van der Waals surface area contributed by atoms with Gasteiger partial charge in [0.05, 0.1) is 12.0 Å². The van der Waals surface area contributed by atoms with Crippen LogP contribution in [0.3, 0.4) is 0 Å². The van der Waals surface area contributed by atoms with Crippen LogP contribution in [0.5, 0.6) is 5.75 Å². The molecular weight excluding hydrogens is 636 g/mol. The summed E-state index contributed by atoms with van der Waals surface area (Å²) in [6, 6.07) is 5.72. The van der Waals surface area contributed by atoms with Crippen LogP contribution in [0.15, 0.2) is 61.2 Å². The van der Waals surface area contributed by atoms with Crippen LogP contribution in [0.25, 0.3) is 0 Å². The van der Waals surface area contributed by atoms with Gasteiger partial charge in [-0.1, -0.05) is 31.9 Å². The molecule has 0 aliphatic rings. The number of sulfonamides is 2. The third-order valence-corrected chi connectivity index (χ3v) is 7.86. The van der Waals surface area contributed by atoms with E-state index in [4.69, 9.17) is 4.74 Å². The van der Waals surface area contributed by atoms with Gasteiger partial charge in [-0.2, -0.15) is 0 Å². The smallest absolute Gasteiger partial charge is 0.265 e. The van der Waals surface area contributed by atoms with Gasteiger partial charge < -0.3 is 4.74 Å². The normalized spacial score (nSPS) is 11.9. The van der Waals surface area contributed by atoms with Gasteiger partial charge in [0.25, 0.3) is 20.0 Å². The molecule has 0 heterocycles. The molecule has 3 aromatic carbocycles. The van der Waals surface area contributed by atoms with Crippen LogP contribution in [-0.4, -0.2) is 23.9 Å². The minimum absolute atomic E-state index is 0.00889. The van der Waals surface area contributed by atoms with E-state index in [0.29, 0.717) is 6.07 Å². The Hall–Kier alpha value is -2.36. The van der Waals surface area contributed by atoms with Crippen molar-refractivity contribution in [3.05, 3.63) is 74.7 Å². The Morgan fingerprint density at radius 1 is 0.706 bits per heavy atom. The molecule has 2 N–H and O–H groups in total. The molecule has 7 nitrogen and oxygen atoms in total. The molecule has 0 aromatic heterocycles. The maximum absolute atomic E-state index is 14.1. The molecule has 0 aliphatic carbocycles. The van der Waals surface area contributed by atoms with Crippen molar-refractivity contribution in [3.63, 3.8) is 0 Å². The third-order valence-electron chi connectivity index (χ3n) is 4.22. The Balaban J connectivity index is 2.07. The van der Waals surface area contributed by atoms with Crippen LogP contribution < -0.4 is 14.2 Å². The van der Waals surface area contributed by atoms with E-state index < -0.39 is 64.5 Å². The number of hydrogen-bond donors (Lipinski definition) is 2. The lowest BCUT2D eigenvalue weighted by molar-refractivity contribution is 0.402. The molecule has 34 heavy (non-hydrogen) atoms. The lowest BCUT2D eigenvalue weighted by Crippen LogP contribution is -2.19. The molecule has 0 saturated carbocycles. The summed E-state index contributed by atoms with van der Waals surface area (Å²) >= 11 is 5.72. The van der Waals surface area contributed by atoms with Crippen molar-refractivity contribution >= 4 is 63.3 Å². The summed E-state index contributed by atoms with van der Waals surface area (Å²) in [6.45, 7) is 0. The third kappa shape index (κ3) is 5.47. The van der Waals surface area contributed by atoms with Gasteiger partial charge in [-0.3, -0.25) is 9.44 Å². The fraction of sp³-hybridized carbons (Fsp3) is 0.0526. The summed E-state index contributed by atoms with van der Waals surface area (Å²) < 4.78 is 116. The van der Waals surface area contributed by atoms with Gasteiger partial charge in [-0.05, 0) is 42.5 Å². The van der Waals surface area contributed by atoms with Crippen LogP contribution >= 0.6 is 31.9 Å². The molecule has 0 spiro atoms. The van der Waals surface area contributed by atoms with Gasteiger partial charge in [0.1, 0.15) is 22.0 Å². The summed E-state index contributed by atoms with van der Waals surface area (Å²) in [4.78, 5) is -1.54. The molecule has 3 aromatic rings. The van der Waals surface area contributed by atoms with E-state index in [1.165, 1.54) is 0 Å². The number of benzene rings is 3. The van der Waals surface area contributed by atoms with Gasteiger partial charge in [-0.15, -0.1) is 0 Å². The number of hydrogen-bond acceptors (Lipinski definition) is 5. The molecule has 0 radical (unpaired) electrons. The number of ether oxygens (including phenoxy) is 1. The Morgan fingerprint density at radius 2 is 1.12 bits per heavy atom. The second-order valence-corrected chi connectivity index (χ2v) is 11.7. The van der Waals surface area contributed by atoms with Crippen LogP contribution in [0.1, 0.15) is 0 Å². The maximum atomic E-state index is 14.1. The van der Waals surface area contributed by atoms with Crippen molar-refractivity contribution in [2.45, 2.75) is 9.79 Å². The van der Waals surface area contributed by atoms with Crippen molar-refractivity contribution in [1.82, 2.24) is 0 Å². The van der Waals surface area contributed by atoms with Crippen molar-refractivity contribution in [1.29, 1.82) is 0 Å². The van der Waals surface area contributed by atoms with Gasteiger partial charge in [0, 0.05) is 8.95 Å². The Labute approximate surface area is 208 Å². The first kappa shape index (κ1) is 26.2. The SMILES string of the molecule is COc1ccc(S(=O)(=O)Nc2c(F)cc(Br)cc2F)cc1S(=O)(=O)Nc1c(F)cc(Br)cc1F. The second kappa shape index (κ2) is 9.71. The van der Waals surface area contributed by atoms with E-state index >= 15 is 0 Å². The zero-order chi connectivity index (χ0) is 25.4. The highest BCUT2D eigenvalue weighted by Crippen LogP contribution is 2.32. The minimum Gasteiger partial charge on any atom is -0.495 e. The number of rotatable bonds is 7. The lowest BCUT2D eigenvalue weighted by atomic mass is 10.3. The molecule has 182 valence electrons. The predicted octanol–water partition coefficient (Wildman–Crippen LogP) is 5.38. The van der Waals surface area contributed by atoms with Gasteiger partial charge in [0.15, 0.2) is 23.3 Å². The first-order chi connectivity index (χ1) is 15.7. The summed E-state index contributed by atoms with van der Waals surface area (Å²) in [6.07, 6.45) is 0. The van der Waals surface area contributed by atoms with Crippen LogP contribution in [-0.2, 0) is 20.0 Å². The zero-order valence-electron chi connectivity index (χ0n) is 16.7. The topological polar surface area (TPSA) is 102 Å². The zero-order valence-corrected chi connectivity index (χ0v) is 21.5. The highest BCUT2D eigenvalue weighted by Gasteiger charge is 2.27. The molecule has 3 rings (SSSR count). The number of methoxy groups -OCH3 is 1. The second-order valence-electron chi connectivity index (χ2n) is 6.51. The van der Waals surface area contributed by atoms with E-state index in [9.17, 15) is 34.4 Å². The van der Waals surface area contributed by atoms with Crippen molar-refractivity contribution in [2.24, 2.45) is 0 Å². The first-order valence-corrected chi connectivity index (χ1v) is 13.3. The molecule has 0 atom stereocenters. The molecule has 0 amide bonds. The van der Waals surface area contributed by atoms with Crippen LogP contribution in [0, 0.1) is 23.3 Å². The molecule has 0 aliphatic heterocycles. The first-order valence-electron chi connectivity index (χ1n) is 8.78. The molecular formula is C19H12Br2F4N2O5S2. The van der Waals surface area contributed by atoms with E-state index in [0.717, 1.165) is 43.5 Å². The van der Waals surface area contributed by atoms with E-state index in [-0.39, 0.29) is 14.7 Å². The average molecular weight is 648 g/mol. The quantitative estimate of drug-likeness (QED) is 0.336. The number of anilines is 2. The highest BCUT2D eigenvalue weighted by molar-refractivity contribution is 9.10. The molecule has 15 heteroatoms. The Morgan fingerprint density at radius 3 is 1.53 bits per heavy atom. The molecule has 0 bridgehead atoms. The summed E-state index contributed by atoms with van der Waals surface area (Å²) in [5.74, 6) is -5.34. The van der Waals surface area contributed by atoms with Crippen LogP contribution in [0.2, 0.25) is 0 Å². The Kier molecular flexibility index (Phi) is 7.50. The summed E-state index contributed by atoms with van der Waals surface area (Å²) in [7, 11) is -8.45. The van der Waals surface area contributed by atoms with Crippen molar-refractivity contribution in [2.75, 3.05) is 16.6 Å². The summed E-state index contributed by atoms with van der Waals surface area (Å²) in [5, 5.41) is 0. The molecule has 0 saturated heterocycles. The van der Waals surface area contributed by atoms with E-state index in [1.54, 1.807) is 9.44 Å². The van der Waals surface area contributed by atoms with Crippen LogP contribution in [0.4, 0.5) is 28.9 Å². The fourth-order valence-electron chi connectivity index (χ4n) is 2.70. The number of halogens is 6. The van der Waals surface area contributed by atoms with Gasteiger partial charge in [-0.25, -0.2) is 34.4 Å². The largest absolute Gasteiger partial charge is 0.495 e. The van der Waals surface area contributed by atoms with E-state index in [2.05, 4.69) is 31.9 Å². The standard InChI is InChI=1S/C19H12Br2F4N2O5S2/c1-32-16-3-2-11(33(28,29)26-18-12(22)4-9(20)5-13(18)23)8-17(16)34(30,31)27-19-14(24)6-10(21)7-15(19)25/h2-8,26-27H,1H3. The monoisotopic (exact) mass is 646 g/mol. The van der Waals surface area contributed by atoms with Gasteiger partial charge in [0.2, 0.25) is 0 Å². The van der Waals surface area contributed by atoms with Crippen molar-refractivity contribution < 1.29 is 39.1 Å². The van der Waals surface area contributed by atoms with Gasteiger partial charge >= 0.3 is 0 Å². The lowest BCUT2D eigenvalue weighted by Gasteiger charge is -2.15. The molecule has 0 fully saturated rings. The average Bonchev–Trinajstić information content (AvgIpc) is 2.73. The fourth-order valence-corrected chi connectivity index (χ4v) is 5.95. The number of nitrogens with one attached hydrogen (secondary N) is 2. The minimum atomic E-state index is -4.81. The molecule has 0 unspecified atom stereocenters. The Bertz CT molecular complexity index is 1460. The van der Waals surface area contributed by atoms with Crippen molar-refractivity contribution in [3.8, 4) is 5.75 Å². The van der Waals surface area contributed by atoms with E-state index in [1.807, 2.05) is 0 Å². The highest BCUT2D eigenvalue weighted by atomic mass is 79.9.